The molecule has 2 fully saturated rings. The maximum absolute atomic E-state index is 12.5. The van der Waals surface area contributed by atoms with Crippen LogP contribution in [0, 0.1) is 0 Å². The minimum atomic E-state index is -0.665. The molecule has 24 heavy (non-hydrogen) atoms. The van der Waals surface area contributed by atoms with E-state index in [4.69, 9.17) is 9.47 Å². The van der Waals surface area contributed by atoms with Gasteiger partial charge in [-0.2, -0.15) is 0 Å². The molecule has 6 nitrogen and oxygen atoms in total. The molecule has 0 aliphatic carbocycles. The third kappa shape index (κ3) is 3.87. The average Bonchev–Trinajstić information content (AvgIpc) is 2.60. The molecule has 0 aromatic heterocycles. The zero-order chi connectivity index (χ0) is 16.9. The van der Waals surface area contributed by atoms with Gasteiger partial charge in [-0.05, 0) is 50.5 Å². The van der Waals surface area contributed by atoms with Gasteiger partial charge in [0.2, 0.25) is 5.91 Å². The van der Waals surface area contributed by atoms with Crippen molar-refractivity contribution in [2.45, 2.75) is 44.8 Å². The number of hydrogen-bond donors (Lipinski definition) is 1. The van der Waals surface area contributed by atoms with Crippen molar-refractivity contribution in [3.8, 4) is 5.75 Å². The maximum atomic E-state index is 12.5. The first-order valence-corrected chi connectivity index (χ1v) is 8.62. The summed E-state index contributed by atoms with van der Waals surface area (Å²) in [5, 5.41) is 2.81. The van der Waals surface area contributed by atoms with Crippen LogP contribution in [0.25, 0.3) is 0 Å². The second-order valence-corrected chi connectivity index (χ2v) is 6.21. The molecule has 0 bridgehead atoms. The van der Waals surface area contributed by atoms with E-state index in [0.717, 1.165) is 31.6 Å². The summed E-state index contributed by atoms with van der Waals surface area (Å²) in [5.41, 5.74) is 0.683. The van der Waals surface area contributed by atoms with E-state index in [2.05, 4.69) is 5.32 Å². The minimum Gasteiger partial charge on any atom is -0.494 e. The summed E-state index contributed by atoms with van der Waals surface area (Å²) >= 11 is 0. The Balaban J connectivity index is 1.53. The Kier molecular flexibility index (Phi) is 5.35. The lowest BCUT2D eigenvalue weighted by Gasteiger charge is -2.41. The molecule has 6 heteroatoms. The third-order valence-corrected chi connectivity index (χ3v) is 4.50. The van der Waals surface area contributed by atoms with Crippen molar-refractivity contribution in [2.75, 3.05) is 25.1 Å². The number of anilines is 1. The summed E-state index contributed by atoms with van der Waals surface area (Å²) in [7, 11) is 0. The van der Waals surface area contributed by atoms with Crippen LogP contribution in [0.2, 0.25) is 0 Å². The average molecular weight is 332 g/mol. The molecule has 0 spiro atoms. The highest BCUT2D eigenvalue weighted by molar-refractivity contribution is 5.95. The zero-order valence-corrected chi connectivity index (χ0v) is 14.0. The van der Waals surface area contributed by atoms with Gasteiger partial charge in [0.1, 0.15) is 11.9 Å². The van der Waals surface area contributed by atoms with Crippen molar-refractivity contribution in [1.82, 2.24) is 4.90 Å². The first kappa shape index (κ1) is 16.8. The molecule has 0 radical (unpaired) electrons. The highest BCUT2D eigenvalue weighted by atomic mass is 16.5. The molecule has 2 aliphatic heterocycles. The van der Waals surface area contributed by atoms with E-state index in [0.29, 0.717) is 18.9 Å². The second kappa shape index (κ2) is 7.66. The summed E-state index contributed by atoms with van der Waals surface area (Å²) in [6.07, 6.45) is 2.56. The van der Waals surface area contributed by atoms with Gasteiger partial charge >= 0.3 is 0 Å². The summed E-state index contributed by atoms with van der Waals surface area (Å²) < 4.78 is 11.0. The number of benzene rings is 1. The summed E-state index contributed by atoms with van der Waals surface area (Å²) in [5.74, 6) is 0.498. The Hall–Kier alpha value is -2.08. The predicted octanol–water partition coefficient (Wildman–Crippen LogP) is 2.19. The fourth-order valence-corrected chi connectivity index (χ4v) is 3.28. The molecule has 2 amide bonds. The number of ether oxygens (including phenoxy) is 2. The third-order valence-electron chi connectivity index (χ3n) is 4.50. The van der Waals surface area contributed by atoms with E-state index in [1.165, 1.54) is 0 Å². The van der Waals surface area contributed by atoms with Crippen molar-refractivity contribution in [2.24, 2.45) is 0 Å². The number of rotatable bonds is 5. The maximum Gasteiger partial charge on any atom is 0.252 e. The van der Waals surface area contributed by atoms with Crippen LogP contribution >= 0.6 is 0 Å². The molecular formula is C18H24N2O4. The lowest BCUT2D eigenvalue weighted by molar-refractivity contribution is -0.163. The number of fused-ring (bicyclic) bond motifs is 1. The Bertz CT molecular complexity index is 587. The Morgan fingerprint density at radius 2 is 2.12 bits per heavy atom. The number of carbonyl (C=O) groups excluding carboxylic acids is 2. The highest BCUT2D eigenvalue weighted by Crippen LogP contribution is 2.24. The molecule has 130 valence electrons. The van der Waals surface area contributed by atoms with Crippen molar-refractivity contribution >= 4 is 17.5 Å². The van der Waals surface area contributed by atoms with Gasteiger partial charge in [0.15, 0.2) is 0 Å². The molecule has 1 aromatic rings. The van der Waals surface area contributed by atoms with E-state index in [1.54, 1.807) is 24.3 Å². The topological polar surface area (TPSA) is 67.9 Å². The number of piperidine rings is 1. The van der Waals surface area contributed by atoms with Crippen molar-refractivity contribution < 1.29 is 19.1 Å². The summed E-state index contributed by atoms with van der Waals surface area (Å²) in [6.45, 7) is 3.84. The first-order valence-electron chi connectivity index (χ1n) is 8.62. The first-order chi connectivity index (χ1) is 11.7. The smallest absolute Gasteiger partial charge is 0.252 e. The molecule has 2 heterocycles. The van der Waals surface area contributed by atoms with Crippen molar-refractivity contribution in [1.29, 1.82) is 0 Å². The van der Waals surface area contributed by atoms with Crippen molar-refractivity contribution in [3.63, 3.8) is 0 Å². The van der Waals surface area contributed by atoms with Gasteiger partial charge in [0.05, 0.1) is 25.7 Å². The van der Waals surface area contributed by atoms with Gasteiger partial charge in [-0.15, -0.1) is 0 Å². The van der Waals surface area contributed by atoms with Crippen LogP contribution in [0.3, 0.4) is 0 Å². The molecule has 0 saturated carbocycles. The van der Waals surface area contributed by atoms with Gasteiger partial charge in [-0.3, -0.25) is 9.59 Å². The lowest BCUT2D eigenvalue weighted by atomic mass is 9.99. The van der Waals surface area contributed by atoms with Crippen LogP contribution in [-0.2, 0) is 14.3 Å². The van der Waals surface area contributed by atoms with E-state index in [9.17, 15) is 9.59 Å². The second-order valence-electron chi connectivity index (χ2n) is 6.21. The highest BCUT2D eigenvalue weighted by Gasteiger charge is 2.38. The van der Waals surface area contributed by atoms with Crippen molar-refractivity contribution in [3.05, 3.63) is 24.3 Å². The molecule has 1 N–H and O–H groups in total. The van der Waals surface area contributed by atoms with Gasteiger partial charge < -0.3 is 19.7 Å². The molecule has 1 aromatic carbocycles. The van der Waals surface area contributed by atoms with Crippen LogP contribution in [0.4, 0.5) is 5.69 Å². The van der Waals surface area contributed by atoms with Gasteiger partial charge in [-0.25, -0.2) is 0 Å². The van der Waals surface area contributed by atoms with E-state index < -0.39 is 6.10 Å². The Labute approximate surface area is 142 Å². The SMILES string of the molecule is CCOc1ccc(NC(=O)C[C@@H]2OC[C@@H]3CCCCN3C2=O)cc1. The lowest BCUT2D eigenvalue weighted by Crippen LogP contribution is -2.56. The number of carbonyl (C=O) groups is 2. The minimum absolute atomic E-state index is 0.0483. The number of nitrogens with one attached hydrogen (secondary N) is 1. The molecule has 2 aliphatic rings. The molecule has 3 rings (SSSR count). The number of nitrogens with zero attached hydrogens (tertiary/aromatic N) is 1. The Morgan fingerprint density at radius 1 is 1.33 bits per heavy atom. The molecule has 2 atom stereocenters. The van der Waals surface area contributed by atoms with E-state index in [1.807, 2.05) is 11.8 Å². The van der Waals surface area contributed by atoms with Crippen LogP contribution in [0.15, 0.2) is 24.3 Å². The van der Waals surface area contributed by atoms with Crippen LogP contribution in [0.5, 0.6) is 5.75 Å². The van der Waals surface area contributed by atoms with Crippen LogP contribution in [-0.4, -0.2) is 48.6 Å². The van der Waals surface area contributed by atoms with Gasteiger partial charge in [-0.1, -0.05) is 0 Å². The standard InChI is InChI=1S/C18H24N2O4/c1-2-23-15-8-6-13(7-9-15)19-17(21)11-16-18(22)20-10-4-3-5-14(20)12-24-16/h6-9,14,16H,2-5,10-12H2,1H3,(H,19,21)/t14-,16-/m0/s1. The quantitative estimate of drug-likeness (QED) is 0.897. The van der Waals surface area contributed by atoms with Crippen LogP contribution < -0.4 is 10.1 Å². The largest absolute Gasteiger partial charge is 0.494 e. The Morgan fingerprint density at radius 3 is 2.88 bits per heavy atom. The van der Waals surface area contributed by atoms with Gasteiger partial charge in [0, 0.05) is 12.2 Å². The fraction of sp³-hybridized carbons (Fsp3) is 0.556. The fourth-order valence-electron chi connectivity index (χ4n) is 3.28. The molecular weight excluding hydrogens is 308 g/mol. The number of morpholine rings is 1. The summed E-state index contributed by atoms with van der Waals surface area (Å²) in [4.78, 5) is 26.6. The summed E-state index contributed by atoms with van der Waals surface area (Å²) in [6, 6.07) is 7.37. The molecule has 0 unspecified atom stereocenters. The van der Waals surface area contributed by atoms with E-state index in [-0.39, 0.29) is 24.3 Å². The monoisotopic (exact) mass is 332 g/mol. The number of amides is 2. The zero-order valence-electron chi connectivity index (χ0n) is 14.0. The van der Waals surface area contributed by atoms with Crippen LogP contribution in [0.1, 0.15) is 32.6 Å². The molecule has 2 saturated heterocycles. The van der Waals surface area contributed by atoms with E-state index >= 15 is 0 Å². The van der Waals surface area contributed by atoms with Gasteiger partial charge in [0.25, 0.3) is 5.91 Å². The normalized spacial score (nSPS) is 23.5. The number of hydrogen-bond acceptors (Lipinski definition) is 4. The predicted molar refractivity (Wildman–Crippen MR) is 89.9 cm³/mol.